The minimum Gasteiger partial charge on any atom is -0.502 e. The van der Waals surface area contributed by atoms with Gasteiger partial charge in [-0.15, -0.1) is 0 Å². The van der Waals surface area contributed by atoms with Gasteiger partial charge in [-0.1, -0.05) is 0 Å². The van der Waals surface area contributed by atoms with Gasteiger partial charge in [0.25, 0.3) is 0 Å². The summed E-state index contributed by atoms with van der Waals surface area (Å²) in [4.78, 5) is 15.2. The van der Waals surface area contributed by atoms with Gasteiger partial charge in [-0.3, -0.25) is 4.79 Å². The monoisotopic (exact) mass is 429 g/mol. The maximum Gasteiger partial charge on any atom is 0.238 e. The first-order valence-electron chi connectivity index (χ1n) is 9.71. The molecule has 0 amide bonds. The molecule has 3 rings (SSSR count). The molecule has 0 bridgehead atoms. The molecule has 166 valence electrons. The average molecular weight is 429 g/mol. The first kappa shape index (κ1) is 22.3. The molecule has 2 aromatic carbocycles. The fraction of sp³-hybridized carbons (Fsp3) is 0.348. The summed E-state index contributed by atoms with van der Waals surface area (Å²) in [6.07, 6.45) is -0.237. The molecule has 1 aromatic heterocycles. The lowest BCUT2D eigenvalue weighted by Crippen LogP contribution is -2.28. The third kappa shape index (κ3) is 4.39. The zero-order valence-corrected chi connectivity index (χ0v) is 18.5. The number of ether oxygens (including phenoxy) is 4. The Bertz CT molecular complexity index is 1120. The van der Waals surface area contributed by atoms with Crippen LogP contribution in [0, 0.1) is 0 Å². The Kier molecular flexibility index (Phi) is 6.60. The predicted molar refractivity (Wildman–Crippen MR) is 118 cm³/mol. The lowest BCUT2D eigenvalue weighted by molar-refractivity contribution is 0.178. The Hall–Kier alpha value is -3.39. The van der Waals surface area contributed by atoms with Crippen LogP contribution in [0.15, 0.2) is 39.5 Å². The van der Waals surface area contributed by atoms with Crippen LogP contribution < -0.4 is 24.4 Å². The fourth-order valence-electron chi connectivity index (χ4n) is 3.42. The predicted octanol–water partition coefficient (Wildman–Crippen LogP) is 3.52. The molecular weight excluding hydrogens is 402 g/mol. The zero-order valence-electron chi connectivity index (χ0n) is 18.5. The molecule has 0 radical (unpaired) electrons. The van der Waals surface area contributed by atoms with Gasteiger partial charge in [0.1, 0.15) is 23.0 Å². The van der Waals surface area contributed by atoms with Gasteiger partial charge in [0.05, 0.1) is 21.3 Å². The molecule has 1 heterocycles. The van der Waals surface area contributed by atoms with E-state index >= 15 is 0 Å². The molecule has 0 fully saturated rings. The molecule has 1 atom stereocenters. The summed E-state index contributed by atoms with van der Waals surface area (Å²) < 4.78 is 28.1. The van der Waals surface area contributed by atoms with Crippen LogP contribution >= 0.6 is 0 Å². The van der Waals surface area contributed by atoms with Gasteiger partial charge in [0.15, 0.2) is 17.1 Å². The van der Waals surface area contributed by atoms with Crippen molar-refractivity contribution in [3.63, 3.8) is 0 Å². The van der Waals surface area contributed by atoms with Gasteiger partial charge in [0.2, 0.25) is 16.9 Å². The number of nitrogens with zero attached hydrogens (tertiary/aromatic N) is 1. The zero-order chi connectivity index (χ0) is 22.7. The van der Waals surface area contributed by atoms with E-state index in [-0.39, 0.29) is 34.3 Å². The number of rotatable bonds is 8. The first-order valence-corrected chi connectivity index (χ1v) is 9.71. The molecule has 3 aromatic rings. The second-order valence-corrected chi connectivity index (χ2v) is 7.34. The minimum absolute atomic E-state index is 0.0130. The standard InChI is InChI=1S/C23H27NO7/c1-13(12-24(2)3)30-16-11-17(28-5)22(29-6)23-18(16)19(25)20(26)21(31-23)14-7-9-15(27-4)10-8-14/h7-11,13,26H,12H2,1-6H3. The summed E-state index contributed by atoms with van der Waals surface area (Å²) >= 11 is 0. The van der Waals surface area contributed by atoms with E-state index in [2.05, 4.69) is 0 Å². The lowest BCUT2D eigenvalue weighted by atomic mass is 10.1. The van der Waals surface area contributed by atoms with Crippen LogP contribution in [0.25, 0.3) is 22.3 Å². The molecule has 1 N–H and O–H groups in total. The maximum atomic E-state index is 13.2. The van der Waals surface area contributed by atoms with E-state index in [0.29, 0.717) is 23.6 Å². The molecule has 0 aliphatic carbocycles. The molecule has 0 spiro atoms. The highest BCUT2D eigenvalue weighted by Crippen LogP contribution is 2.43. The van der Waals surface area contributed by atoms with E-state index in [1.165, 1.54) is 14.2 Å². The SMILES string of the molecule is COc1ccc(-c2oc3c(OC)c(OC)cc(OC(C)CN(C)C)c3c(=O)c2O)cc1. The molecule has 0 saturated carbocycles. The van der Waals surface area contributed by atoms with Gasteiger partial charge < -0.3 is 33.4 Å². The molecule has 0 saturated heterocycles. The number of hydrogen-bond donors (Lipinski definition) is 1. The summed E-state index contributed by atoms with van der Waals surface area (Å²) in [5.74, 6) is 0.950. The second kappa shape index (κ2) is 9.18. The number of methoxy groups -OCH3 is 3. The van der Waals surface area contributed by atoms with Crippen LogP contribution in [0.3, 0.4) is 0 Å². The number of hydrogen-bond acceptors (Lipinski definition) is 8. The normalized spacial score (nSPS) is 12.1. The van der Waals surface area contributed by atoms with Gasteiger partial charge in [-0.2, -0.15) is 0 Å². The average Bonchev–Trinajstić information content (AvgIpc) is 2.75. The van der Waals surface area contributed by atoms with Crippen LogP contribution in [0.5, 0.6) is 28.7 Å². The van der Waals surface area contributed by atoms with Crippen molar-refractivity contribution in [1.82, 2.24) is 4.90 Å². The smallest absolute Gasteiger partial charge is 0.238 e. The third-order valence-corrected chi connectivity index (χ3v) is 4.75. The van der Waals surface area contributed by atoms with E-state index in [1.807, 2.05) is 25.9 Å². The van der Waals surface area contributed by atoms with Gasteiger partial charge in [-0.25, -0.2) is 0 Å². The molecular formula is C23H27NO7. The van der Waals surface area contributed by atoms with Crippen LogP contribution in [0.1, 0.15) is 6.92 Å². The van der Waals surface area contributed by atoms with Gasteiger partial charge in [0, 0.05) is 18.2 Å². The third-order valence-electron chi connectivity index (χ3n) is 4.75. The molecule has 31 heavy (non-hydrogen) atoms. The van der Waals surface area contributed by atoms with Crippen molar-refractivity contribution in [2.75, 3.05) is 42.0 Å². The summed E-state index contributed by atoms with van der Waals surface area (Å²) in [6.45, 7) is 2.51. The number of aromatic hydroxyl groups is 1. The van der Waals surface area contributed by atoms with E-state index in [4.69, 9.17) is 23.4 Å². The summed E-state index contributed by atoms with van der Waals surface area (Å²) in [5.41, 5.74) is 0.00760. The molecule has 1 unspecified atom stereocenters. The number of fused-ring (bicyclic) bond motifs is 1. The van der Waals surface area contributed by atoms with Gasteiger partial charge in [-0.05, 0) is 45.3 Å². The van der Waals surface area contributed by atoms with E-state index in [1.54, 1.807) is 37.4 Å². The molecule has 0 aliphatic heterocycles. The molecule has 8 nitrogen and oxygen atoms in total. The van der Waals surface area contributed by atoms with Crippen molar-refractivity contribution < 1.29 is 28.5 Å². The highest BCUT2D eigenvalue weighted by Gasteiger charge is 2.25. The largest absolute Gasteiger partial charge is 0.502 e. The quantitative estimate of drug-likeness (QED) is 0.582. The second-order valence-electron chi connectivity index (χ2n) is 7.34. The van der Waals surface area contributed by atoms with Crippen LogP contribution in [-0.4, -0.2) is 58.1 Å². The first-order chi connectivity index (χ1) is 14.8. The van der Waals surface area contributed by atoms with Gasteiger partial charge >= 0.3 is 0 Å². The summed E-state index contributed by atoms with van der Waals surface area (Å²) in [5, 5.41) is 10.8. The lowest BCUT2D eigenvalue weighted by Gasteiger charge is -2.21. The van der Waals surface area contributed by atoms with E-state index in [9.17, 15) is 9.90 Å². The fourth-order valence-corrected chi connectivity index (χ4v) is 3.42. The van der Waals surface area contributed by atoms with Crippen molar-refractivity contribution in [1.29, 1.82) is 0 Å². The number of likely N-dealkylation sites (N-methyl/N-ethyl adjacent to an activating group) is 1. The Morgan fingerprint density at radius 2 is 1.71 bits per heavy atom. The number of benzene rings is 2. The van der Waals surface area contributed by atoms with E-state index in [0.717, 1.165) is 0 Å². The minimum atomic E-state index is -0.625. The molecule has 0 aliphatic rings. The highest BCUT2D eigenvalue weighted by atomic mass is 16.5. The van der Waals surface area contributed by atoms with Crippen molar-refractivity contribution in [2.45, 2.75) is 13.0 Å². The topological polar surface area (TPSA) is 90.6 Å². The maximum absolute atomic E-state index is 13.2. The summed E-state index contributed by atoms with van der Waals surface area (Å²) in [6, 6.07) is 8.35. The molecule has 8 heteroatoms. The Morgan fingerprint density at radius 1 is 1.03 bits per heavy atom. The van der Waals surface area contributed by atoms with Crippen molar-refractivity contribution in [3.8, 4) is 40.1 Å². The van der Waals surface area contributed by atoms with Crippen molar-refractivity contribution in [2.24, 2.45) is 0 Å². The highest BCUT2D eigenvalue weighted by molar-refractivity contribution is 5.93. The summed E-state index contributed by atoms with van der Waals surface area (Å²) in [7, 11) is 8.34. The van der Waals surface area contributed by atoms with Crippen molar-refractivity contribution in [3.05, 3.63) is 40.6 Å². The Balaban J connectivity index is 2.27. The van der Waals surface area contributed by atoms with Crippen LogP contribution in [-0.2, 0) is 0 Å². The van der Waals surface area contributed by atoms with Crippen molar-refractivity contribution >= 4 is 11.0 Å². The van der Waals surface area contributed by atoms with E-state index < -0.39 is 11.2 Å². The Labute approximate surface area is 180 Å². The Morgan fingerprint density at radius 3 is 2.26 bits per heavy atom. The van der Waals surface area contributed by atoms with Crippen LogP contribution in [0.2, 0.25) is 0 Å². The van der Waals surface area contributed by atoms with Crippen LogP contribution in [0.4, 0.5) is 0 Å².